The monoisotopic (exact) mass is 524 g/mol. The molecule has 2 aromatic carbocycles. The van der Waals surface area contributed by atoms with Gasteiger partial charge in [0.2, 0.25) is 5.91 Å². The molecule has 0 saturated carbocycles. The lowest BCUT2D eigenvalue weighted by Crippen LogP contribution is -2.50. The molecule has 8 heteroatoms. The molecule has 0 aromatic heterocycles. The molecule has 6 nitrogen and oxygen atoms in total. The Bertz CT molecular complexity index is 940. The molecule has 0 aliphatic carbocycles. The number of hydrogen-bond acceptors (Lipinski definition) is 5. The number of hydrogen-bond donors (Lipinski definition) is 3. The lowest BCUT2D eigenvalue weighted by Gasteiger charge is -2.38. The summed E-state index contributed by atoms with van der Waals surface area (Å²) in [5.74, 6) is 0.544. The van der Waals surface area contributed by atoms with Crippen molar-refractivity contribution in [3.63, 3.8) is 0 Å². The van der Waals surface area contributed by atoms with Gasteiger partial charge in [0.05, 0.1) is 12.1 Å². The van der Waals surface area contributed by atoms with Crippen LogP contribution in [0.5, 0.6) is 5.75 Å². The van der Waals surface area contributed by atoms with Crippen LogP contribution in [0.25, 0.3) is 0 Å². The standard InChI is InChI=1S/C24H30BrClN2O4/c1-24(2)12-20(17-11-16(25)8-9-22(17)32-24)27-13-21(29)19(28-23(30)14-31-3)10-15-6-4-5-7-18(15)26/h4-9,11,19-21,27,29H,10,12-14H2,1-3H3,(H,28,30)/t19-,20-,21+/m0/s1. The summed E-state index contributed by atoms with van der Waals surface area (Å²) in [6, 6.07) is 12.9. The van der Waals surface area contributed by atoms with Gasteiger partial charge in [-0.05, 0) is 50.1 Å². The number of rotatable bonds is 9. The van der Waals surface area contributed by atoms with Crippen LogP contribution in [0, 0.1) is 0 Å². The molecule has 3 rings (SSSR count). The number of aliphatic hydroxyl groups is 1. The van der Waals surface area contributed by atoms with Crippen molar-refractivity contribution in [3.8, 4) is 5.75 Å². The zero-order valence-electron chi connectivity index (χ0n) is 18.5. The highest BCUT2D eigenvalue weighted by molar-refractivity contribution is 9.10. The fraction of sp³-hybridized carbons (Fsp3) is 0.458. The number of carbonyl (C=O) groups is 1. The van der Waals surface area contributed by atoms with E-state index < -0.39 is 12.1 Å². The second-order valence-electron chi connectivity index (χ2n) is 8.68. The van der Waals surface area contributed by atoms with Crippen LogP contribution in [0.4, 0.5) is 0 Å². The van der Waals surface area contributed by atoms with Crippen LogP contribution < -0.4 is 15.4 Å². The van der Waals surface area contributed by atoms with E-state index in [1.54, 1.807) is 6.07 Å². The van der Waals surface area contributed by atoms with Gasteiger partial charge in [0, 0.05) is 41.2 Å². The fourth-order valence-corrected chi connectivity index (χ4v) is 4.57. The van der Waals surface area contributed by atoms with E-state index in [2.05, 4.69) is 26.6 Å². The van der Waals surface area contributed by atoms with Crippen molar-refractivity contribution < 1.29 is 19.4 Å². The van der Waals surface area contributed by atoms with Gasteiger partial charge in [-0.15, -0.1) is 0 Å². The first kappa shape index (κ1) is 25.0. The Hall–Kier alpha value is -1.64. The number of halogens is 2. The maximum atomic E-state index is 12.2. The SMILES string of the molecule is COCC(=O)N[C@@H](Cc1ccccc1Cl)[C@H](O)CN[C@H]1CC(C)(C)Oc2ccc(Br)cc21. The maximum absolute atomic E-state index is 12.2. The van der Waals surface area contributed by atoms with Crippen molar-refractivity contribution in [2.75, 3.05) is 20.3 Å². The fourth-order valence-electron chi connectivity index (χ4n) is 3.98. The molecule has 32 heavy (non-hydrogen) atoms. The van der Waals surface area contributed by atoms with Gasteiger partial charge in [-0.1, -0.05) is 45.7 Å². The Morgan fingerprint density at radius 1 is 1.34 bits per heavy atom. The van der Waals surface area contributed by atoms with E-state index in [4.69, 9.17) is 21.1 Å². The van der Waals surface area contributed by atoms with Crippen molar-refractivity contribution in [3.05, 3.63) is 63.1 Å². The van der Waals surface area contributed by atoms with Crippen LogP contribution in [-0.4, -0.2) is 49.0 Å². The normalized spacial score (nSPS) is 18.9. The van der Waals surface area contributed by atoms with Crippen LogP contribution in [0.3, 0.4) is 0 Å². The molecular weight excluding hydrogens is 496 g/mol. The molecule has 3 N–H and O–H groups in total. The second kappa shape index (κ2) is 11.0. The number of nitrogens with one attached hydrogen (secondary N) is 2. The summed E-state index contributed by atoms with van der Waals surface area (Å²) >= 11 is 9.85. The molecule has 0 unspecified atom stereocenters. The minimum atomic E-state index is -0.839. The Kier molecular flexibility index (Phi) is 8.58. The largest absolute Gasteiger partial charge is 0.487 e. The number of methoxy groups -OCH3 is 1. The number of ether oxygens (including phenoxy) is 2. The first-order valence-electron chi connectivity index (χ1n) is 10.6. The van der Waals surface area contributed by atoms with E-state index in [1.807, 2.05) is 50.2 Å². The van der Waals surface area contributed by atoms with E-state index >= 15 is 0 Å². The molecule has 0 radical (unpaired) electrons. The Morgan fingerprint density at radius 3 is 2.81 bits per heavy atom. The average molecular weight is 526 g/mol. The van der Waals surface area contributed by atoms with Gasteiger partial charge in [0.25, 0.3) is 0 Å². The van der Waals surface area contributed by atoms with Gasteiger partial charge in [0.1, 0.15) is 18.0 Å². The Balaban J connectivity index is 1.74. The highest BCUT2D eigenvalue weighted by Crippen LogP contribution is 2.40. The molecular formula is C24H30BrClN2O4. The molecule has 1 aliphatic heterocycles. The van der Waals surface area contributed by atoms with Crippen molar-refractivity contribution in [1.29, 1.82) is 0 Å². The molecule has 0 fully saturated rings. The number of benzene rings is 2. The van der Waals surface area contributed by atoms with Crippen molar-refractivity contribution in [2.24, 2.45) is 0 Å². The zero-order valence-corrected chi connectivity index (χ0v) is 20.9. The third kappa shape index (κ3) is 6.68. The summed E-state index contributed by atoms with van der Waals surface area (Å²) < 4.78 is 12.0. The van der Waals surface area contributed by atoms with E-state index in [0.29, 0.717) is 11.4 Å². The van der Waals surface area contributed by atoms with Gasteiger partial charge >= 0.3 is 0 Å². The predicted octanol–water partition coefficient (Wildman–Crippen LogP) is 4.03. The predicted molar refractivity (Wildman–Crippen MR) is 129 cm³/mol. The highest BCUT2D eigenvalue weighted by Gasteiger charge is 2.34. The molecule has 2 aromatic rings. The number of aliphatic hydroxyl groups excluding tert-OH is 1. The summed E-state index contributed by atoms with van der Waals surface area (Å²) in [7, 11) is 1.46. The molecule has 0 saturated heterocycles. The maximum Gasteiger partial charge on any atom is 0.246 e. The number of fused-ring (bicyclic) bond motifs is 1. The van der Waals surface area contributed by atoms with Crippen LogP contribution in [-0.2, 0) is 16.0 Å². The van der Waals surface area contributed by atoms with Gasteiger partial charge in [-0.25, -0.2) is 0 Å². The lowest BCUT2D eigenvalue weighted by molar-refractivity contribution is -0.126. The van der Waals surface area contributed by atoms with Gasteiger partial charge in [0.15, 0.2) is 0 Å². The Labute approximate surface area is 202 Å². The quantitative estimate of drug-likeness (QED) is 0.461. The minimum Gasteiger partial charge on any atom is -0.487 e. The van der Waals surface area contributed by atoms with E-state index in [9.17, 15) is 9.90 Å². The molecule has 1 amide bonds. The van der Waals surface area contributed by atoms with Gasteiger partial charge in [-0.3, -0.25) is 4.79 Å². The average Bonchev–Trinajstić information content (AvgIpc) is 2.73. The van der Waals surface area contributed by atoms with Crippen LogP contribution in [0.15, 0.2) is 46.9 Å². The molecule has 1 heterocycles. The molecule has 174 valence electrons. The Morgan fingerprint density at radius 2 is 2.09 bits per heavy atom. The first-order chi connectivity index (χ1) is 15.2. The van der Waals surface area contributed by atoms with Crippen molar-refractivity contribution >= 4 is 33.4 Å². The van der Waals surface area contributed by atoms with Crippen molar-refractivity contribution in [2.45, 2.75) is 50.5 Å². The number of amides is 1. The molecule has 1 aliphatic rings. The third-order valence-corrected chi connectivity index (χ3v) is 6.35. The minimum absolute atomic E-state index is 0.00320. The van der Waals surface area contributed by atoms with Crippen LogP contribution >= 0.6 is 27.5 Å². The molecule has 3 atom stereocenters. The first-order valence-corrected chi connectivity index (χ1v) is 11.8. The molecule has 0 spiro atoms. The summed E-state index contributed by atoms with van der Waals surface area (Å²) in [5, 5.41) is 18.0. The highest BCUT2D eigenvalue weighted by atomic mass is 79.9. The number of carbonyl (C=O) groups excluding carboxylic acids is 1. The summed E-state index contributed by atoms with van der Waals surface area (Å²) in [4.78, 5) is 12.2. The molecule has 0 bridgehead atoms. The van der Waals surface area contributed by atoms with Crippen molar-refractivity contribution in [1.82, 2.24) is 10.6 Å². The van der Waals surface area contributed by atoms with Gasteiger partial charge < -0.3 is 25.2 Å². The van der Waals surface area contributed by atoms with E-state index in [0.717, 1.165) is 27.8 Å². The second-order valence-corrected chi connectivity index (χ2v) is 10.0. The van der Waals surface area contributed by atoms with Gasteiger partial charge in [-0.2, -0.15) is 0 Å². The summed E-state index contributed by atoms with van der Waals surface area (Å²) in [6.45, 7) is 4.31. The zero-order chi connectivity index (χ0) is 23.3. The van der Waals surface area contributed by atoms with Crippen LogP contribution in [0.2, 0.25) is 5.02 Å². The summed E-state index contributed by atoms with van der Waals surface area (Å²) in [6.07, 6.45) is 0.307. The smallest absolute Gasteiger partial charge is 0.246 e. The summed E-state index contributed by atoms with van der Waals surface area (Å²) in [5.41, 5.74) is 1.56. The van der Waals surface area contributed by atoms with E-state index in [-0.39, 0.29) is 30.7 Å². The third-order valence-electron chi connectivity index (χ3n) is 5.49. The van der Waals surface area contributed by atoms with E-state index in [1.165, 1.54) is 7.11 Å². The lowest BCUT2D eigenvalue weighted by atomic mass is 9.89. The van der Waals surface area contributed by atoms with Crippen LogP contribution in [0.1, 0.15) is 37.4 Å². The topological polar surface area (TPSA) is 79.8 Å².